The Bertz CT molecular complexity index is 1210. The maximum atomic E-state index is 12.3. The van der Waals surface area contributed by atoms with Crippen LogP contribution in [0.15, 0.2) is 25.9 Å². The first-order valence-corrected chi connectivity index (χ1v) is 15.0. The maximum absolute atomic E-state index is 12.3. The molecule has 1 aromatic heterocycles. The van der Waals surface area contributed by atoms with E-state index in [9.17, 15) is 4.79 Å². The van der Waals surface area contributed by atoms with Crippen molar-refractivity contribution in [1.82, 2.24) is 24.9 Å². The van der Waals surface area contributed by atoms with Crippen LogP contribution in [0.1, 0.15) is 61.6 Å². The molecule has 10 nitrogen and oxygen atoms in total. The topological polar surface area (TPSA) is 96.6 Å². The summed E-state index contributed by atoms with van der Waals surface area (Å²) in [6.07, 6.45) is 6.88. The van der Waals surface area contributed by atoms with Crippen molar-refractivity contribution in [2.45, 2.75) is 64.1 Å². The number of aromatic nitrogens is 2. The lowest BCUT2D eigenvalue weighted by molar-refractivity contribution is 0.0384. The van der Waals surface area contributed by atoms with Gasteiger partial charge < -0.3 is 19.7 Å². The lowest BCUT2D eigenvalue weighted by Gasteiger charge is -2.31. The van der Waals surface area contributed by atoms with Crippen LogP contribution in [0.3, 0.4) is 0 Å². The third-order valence-corrected chi connectivity index (χ3v) is 10.0. The summed E-state index contributed by atoms with van der Waals surface area (Å²) < 4.78 is 14.8. The molecule has 0 radical (unpaired) electrons. The SMILES string of the molecule is C=N/C(=C1/COCC/C1=N/COCC12C[C@H](C)CN1CC1(CC1)C2)N1CCCn2nc(C(=O)NC)c(Br)c2C1. The van der Waals surface area contributed by atoms with Crippen molar-refractivity contribution in [2.24, 2.45) is 21.3 Å². The monoisotopic (exact) mass is 601 g/mol. The molecule has 4 aliphatic heterocycles. The van der Waals surface area contributed by atoms with Gasteiger partial charge in [-0.25, -0.2) is 4.99 Å². The lowest BCUT2D eigenvalue weighted by Crippen LogP contribution is -2.42. The summed E-state index contributed by atoms with van der Waals surface area (Å²) >= 11 is 3.62. The zero-order valence-corrected chi connectivity index (χ0v) is 24.8. The molecule has 0 aromatic carbocycles. The predicted octanol–water partition coefficient (Wildman–Crippen LogP) is 3.22. The van der Waals surface area contributed by atoms with Crippen molar-refractivity contribution >= 4 is 34.3 Å². The zero-order valence-electron chi connectivity index (χ0n) is 23.2. The van der Waals surface area contributed by atoms with Crippen LogP contribution in [0.5, 0.6) is 0 Å². The van der Waals surface area contributed by atoms with E-state index < -0.39 is 0 Å². The Hall–Kier alpha value is -2.08. The number of aryl methyl sites for hydroxylation is 1. The molecule has 1 saturated carbocycles. The first-order chi connectivity index (χ1) is 18.9. The van der Waals surface area contributed by atoms with Crippen LogP contribution in [0, 0.1) is 11.3 Å². The molecule has 39 heavy (non-hydrogen) atoms. The molecule has 1 aromatic rings. The number of carbonyl (C=O) groups is 1. The largest absolute Gasteiger partial charge is 0.376 e. The number of nitrogens with one attached hydrogen (secondary N) is 1. The van der Waals surface area contributed by atoms with Crippen LogP contribution in [-0.4, -0.2) is 96.7 Å². The van der Waals surface area contributed by atoms with Gasteiger partial charge in [0.15, 0.2) is 5.69 Å². The zero-order chi connectivity index (χ0) is 27.2. The Kier molecular flexibility index (Phi) is 7.45. The van der Waals surface area contributed by atoms with Crippen molar-refractivity contribution in [3.05, 3.63) is 27.3 Å². The van der Waals surface area contributed by atoms with Gasteiger partial charge in [-0.15, -0.1) is 0 Å². The summed E-state index contributed by atoms with van der Waals surface area (Å²) in [5.74, 6) is 1.32. The van der Waals surface area contributed by atoms with Crippen LogP contribution in [0.25, 0.3) is 0 Å². The quantitative estimate of drug-likeness (QED) is 0.381. The van der Waals surface area contributed by atoms with Gasteiger partial charge in [0.25, 0.3) is 5.91 Å². The molecule has 5 aliphatic rings. The standard InChI is InChI=1S/C28H40BrN7O3/c1-19-11-28(15-27(6-7-27)16-35(28)12-19)17-39-18-32-21-5-10-38-14-20(21)25(30-2)34-8-4-9-36-22(13-34)23(29)24(33-36)26(37)31-3/h19H,2,4-18H2,1,3H3,(H,31,37)/b25-20+,32-21-/t19-,28?/m0/s1. The molecule has 212 valence electrons. The van der Waals surface area contributed by atoms with Crippen molar-refractivity contribution < 1.29 is 14.3 Å². The highest BCUT2D eigenvalue weighted by molar-refractivity contribution is 9.10. The molecule has 1 unspecified atom stereocenters. The fourth-order valence-electron chi connectivity index (χ4n) is 7.32. The normalized spacial score (nSPS) is 30.3. The van der Waals surface area contributed by atoms with E-state index in [1.807, 2.05) is 4.68 Å². The Morgan fingerprint density at radius 1 is 1.36 bits per heavy atom. The number of rotatable bonds is 7. The third-order valence-electron chi connectivity index (χ3n) is 9.21. The molecule has 2 atom stereocenters. The van der Waals surface area contributed by atoms with Crippen LogP contribution in [-0.2, 0) is 22.6 Å². The van der Waals surface area contributed by atoms with E-state index >= 15 is 0 Å². The van der Waals surface area contributed by atoms with Gasteiger partial charge in [-0.2, -0.15) is 5.10 Å². The molecule has 1 aliphatic carbocycles. The van der Waals surface area contributed by atoms with Crippen LogP contribution >= 0.6 is 15.9 Å². The Balaban J connectivity index is 1.18. The van der Waals surface area contributed by atoms with E-state index in [0.29, 0.717) is 37.6 Å². The summed E-state index contributed by atoms with van der Waals surface area (Å²) in [5, 5.41) is 7.22. The number of halogens is 1. The minimum absolute atomic E-state index is 0.203. The average molecular weight is 603 g/mol. The van der Waals surface area contributed by atoms with E-state index in [1.54, 1.807) is 7.05 Å². The molecule has 11 heteroatoms. The molecular formula is C28H40BrN7O3. The lowest BCUT2D eigenvalue weighted by atomic mass is 9.87. The van der Waals surface area contributed by atoms with E-state index in [1.165, 1.54) is 38.8 Å². The molecule has 4 fully saturated rings. The molecule has 6 rings (SSSR count). The van der Waals surface area contributed by atoms with E-state index in [0.717, 1.165) is 65.7 Å². The minimum atomic E-state index is -0.204. The van der Waals surface area contributed by atoms with Crippen LogP contribution in [0.4, 0.5) is 0 Å². The number of hydrogen-bond acceptors (Lipinski definition) is 8. The molecule has 0 bridgehead atoms. The van der Waals surface area contributed by atoms with Gasteiger partial charge in [0, 0.05) is 56.5 Å². The predicted molar refractivity (Wildman–Crippen MR) is 153 cm³/mol. The van der Waals surface area contributed by atoms with Gasteiger partial charge >= 0.3 is 0 Å². The van der Waals surface area contributed by atoms with Crippen LogP contribution < -0.4 is 5.32 Å². The highest BCUT2D eigenvalue weighted by atomic mass is 79.9. The Morgan fingerprint density at radius 3 is 2.97 bits per heavy atom. The highest BCUT2D eigenvalue weighted by Gasteiger charge is 2.61. The van der Waals surface area contributed by atoms with E-state index in [4.69, 9.17) is 14.5 Å². The number of amides is 1. The first kappa shape index (κ1) is 27.1. The van der Waals surface area contributed by atoms with Gasteiger partial charge in [0.2, 0.25) is 0 Å². The van der Waals surface area contributed by atoms with Gasteiger partial charge in [-0.3, -0.25) is 19.4 Å². The summed E-state index contributed by atoms with van der Waals surface area (Å²) in [6.45, 7) is 13.0. The molecule has 5 heterocycles. The fourth-order valence-corrected chi connectivity index (χ4v) is 7.91. The third kappa shape index (κ3) is 5.11. The molecule has 1 N–H and O–H groups in total. The highest BCUT2D eigenvalue weighted by Crippen LogP contribution is 2.61. The molecule has 1 amide bonds. The van der Waals surface area contributed by atoms with Crippen molar-refractivity contribution in [3.8, 4) is 0 Å². The van der Waals surface area contributed by atoms with Crippen LogP contribution in [0.2, 0.25) is 0 Å². The van der Waals surface area contributed by atoms with Crippen molar-refractivity contribution in [1.29, 1.82) is 0 Å². The average Bonchev–Trinajstić information content (AvgIpc) is 3.48. The van der Waals surface area contributed by atoms with Gasteiger partial charge in [-0.1, -0.05) is 6.92 Å². The number of aliphatic imine (C=N–C) groups is 2. The summed E-state index contributed by atoms with van der Waals surface area (Å²) in [4.78, 5) is 26.6. The number of ether oxygens (including phenoxy) is 2. The number of nitrogens with zero attached hydrogens (tertiary/aromatic N) is 6. The number of hydrogen-bond donors (Lipinski definition) is 1. The fraction of sp³-hybridized carbons (Fsp3) is 0.714. The van der Waals surface area contributed by atoms with Gasteiger partial charge in [0.1, 0.15) is 12.6 Å². The van der Waals surface area contributed by atoms with E-state index in [2.05, 4.69) is 54.8 Å². The second kappa shape index (κ2) is 10.7. The smallest absolute Gasteiger partial charge is 0.272 e. The maximum Gasteiger partial charge on any atom is 0.272 e. The Morgan fingerprint density at radius 2 is 2.21 bits per heavy atom. The van der Waals surface area contributed by atoms with Gasteiger partial charge in [0.05, 0.1) is 36.5 Å². The molecule has 3 saturated heterocycles. The summed E-state index contributed by atoms with van der Waals surface area (Å²) in [6, 6.07) is 0. The first-order valence-electron chi connectivity index (χ1n) is 14.2. The molecular weight excluding hydrogens is 562 g/mol. The second-order valence-corrected chi connectivity index (χ2v) is 12.9. The molecule has 1 spiro atoms. The van der Waals surface area contributed by atoms with E-state index in [-0.39, 0.29) is 11.4 Å². The Labute approximate surface area is 239 Å². The summed E-state index contributed by atoms with van der Waals surface area (Å²) in [7, 11) is 1.62. The summed E-state index contributed by atoms with van der Waals surface area (Å²) in [5.41, 5.74) is 4.10. The minimum Gasteiger partial charge on any atom is -0.376 e. The number of carbonyl (C=O) groups excluding carboxylic acids is 1. The van der Waals surface area contributed by atoms with Crippen molar-refractivity contribution in [3.63, 3.8) is 0 Å². The van der Waals surface area contributed by atoms with Crippen molar-refractivity contribution in [2.75, 3.05) is 53.2 Å². The number of fused-ring (bicyclic) bond motifs is 2. The second-order valence-electron chi connectivity index (χ2n) is 12.1. The van der Waals surface area contributed by atoms with Gasteiger partial charge in [-0.05, 0) is 66.1 Å².